The highest BCUT2D eigenvalue weighted by Crippen LogP contribution is 2.19. The van der Waals surface area contributed by atoms with Crippen molar-refractivity contribution in [2.24, 2.45) is 0 Å². The second-order valence-corrected chi connectivity index (χ2v) is 4.90. The van der Waals surface area contributed by atoms with Gasteiger partial charge in [0.05, 0.1) is 0 Å². The summed E-state index contributed by atoms with van der Waals surface area (Å²) in [5.74, 6) is 0. The van der Waals surface area contributed by atoms with Gasteiger partial charge < -0.3 is 15.5 Å². The Morgan fingerprint density at radius 1 is 1.19 bits per heavy atom. The summed E-state index contributed by atoms with van der Waals surface area (Å²) < 4.78 is 0. The van der Waals surface area contributed by atoms with Crippen LogP contribution in [0.4, 0.5) is 4.79 Å². The molecule has 4 nitrogen and oxygen atoms in total. The molecule has 0 aromatic carbocycles. The van der Waals surface area contributed by atoms with E-state index in [4.69, 9.17) is 0 Å². The molecule has 4 heteroatoms. The monoisotopic (exact) mass is 225 g/mol. The average Bonchev–Trinajstić information content (AvgIpc) is 2.25. The number of piperidine rings is 1. The summed E-state index contributed by atoms with van der Waals surface area (Å²) in [6.07, 6.45) is 5.78. The number of urea groups is 1. The number of carbonyl (C=O) groups excluding carboxylic acids is 1. The van der Waals surface area contributed by atoms with Gasteiger partial charge in [-0.3, -0.25) is 0 Å². The molecule has 0 aromatic heterocycles. The smallest absolute Gasteiger partial charge is 0.317 e. The largest absolute Gasteiger partial charge is 0.335 e. The predicted molar refractivity (Wildman–Crippen MR) is 64.4 cm³/mol. The van der Waals surface area contributed by atoms with Crippen LogP contribution in [0.1, 0.15) is 39.0 Å². The Morgan fingerprint density at radius 3 is 2.38 bits per heavy atom. The van der Waals surface area contributed by atoms with Gasteiger partial charge in [-0.05, 0) is 38.6 Å². The number of nitrogens with one attached hydrogen (secondary N) is 2. The number of hydrogen-bond donors (Lipinski definition) is 2. The molecule has 2 rings (SSSR count). The van der Waals surface area contributed by atoms with Gasteiger partial charge in [0.15, 0.2) is 0 Å². The van der Waals surface area contributed by atoms with Gasteiger partial charge in [-0.1, -0.05) is 6.92 Å². The van der Waals surface area contributed by atoms with E-state index in [1.165, 1.54) is 19.3 Å². The highest BCUT2D eigenvalue weighted by molar-refractivity contribution is 5.74. The molecule has 2 N–H and O–H groups in total. The van der Waals surface area contributed by atoms with Crippen LogP contribution in [0.5, 0.6) is 0 Å². The molecule has 92 valence electrons. The van der Waals surface area contributed by atoms with E-state index in [1.807, 2.05) is 4.90 Å². The molecule has 0 unspecified atom stereocenters. The highest BCUT2D eigenvalue weighted by atomic mass is 16.2. The molecule has 2 fully saturated rings. The average molecular weight is 225 g/mol. The number of amides is 2. The second-order valence-electron chi connectivity index (χ2n) is 4.90. The number of hydrogen-bond acceptors (Lipinski definition) is 2. The third-order valence-electron chi connectivity index (χ3n) is 3.71. The topological polar surface area (TPSA) is 44.4 Å². The van der Waals surface area contributed by atoms with Crippen molar-refractivity contribution >= 4 is 6.03 Å². The van der Waals surface area contributed by atoms with Gasteiger partial charge in [0.2, 0.25) is 0 Å². The molecule has 0 radical (unpaired) electrons. The minimum absolute atomic E-state index is 0.152. The second kappa shape index (κ2) is 5.53. The van der Waals surface area contributed by atoms with Crippen molar-refractivity contribution in [1.82, 2.24) is 15.5 Å². The summed E-state index contributed by atoms with van der Waals surface area (Å²) in [6, 6.07) is 1.22. The van der Waals surface area contributed by atoms with Crippen LogP contribution < -0.4 is 10.6 Å². The third kappa shape index (κ3) is 2.88. The summed E-state index contributed by atoms with van der Waals surface area (Å²) in [4.78, 5) is 13.8. The van der Waals surface area contributed by atoms with E-state index in [-0.39, 0.29) is 6.03 Å². The highest BCUT2D eigenvalue weighted by Gasteiger charge is 2.25. The summed E-state index contributed by atoms with van der Waals surface area (Å²) in [5.41, 5.74) is 0. The van der Waals surface area contributed by atoms with Crippen LogP contribution in [0.15, 0.2) is 0 Å². The van der Waals surface area contributed by atoms with Crippen LogP contribution in [0, 0.1) is 0 Å². The molecule has 1 heterocycles. The molecular weight excluding hydrogens is 202 g/mol. The number of rotatable bonds is 3. The summed E-state index contributed by atoms with van der Waals surface area (Å²) >= 11 is 0. The maximum atomic E-state index is 11.9. The molecule has 0 bridgehead atoms. The predicted octanol–water partition coefficient (Wildman–Crippen LogP) is 1.32. The van der Waals surface area contributed by atoms with Gasteiger partial charge in [0.1, 0.15) is 0 Å². The lowest BCUT2D eigenvalue weighted by atomic mass is 9.93. The molecule has 1 saturated heterocycles. The fourth-order valence-corrected chi connectivity index (χ4v) is 2.39. The van der Waals surface area contributed by atoms with Gasteiger partial charge in [-0.15, -0.1) is 0 Å². The van der Waals surface area contributed by atoms with E-state index in [1.54, 1.807) is 0 Å². The molecule has 2 amide bonds. The number of carbonyl (C=O) groups is 1. The summed E-state index contributed by atoms with van der Waals surface area (Å²) in [7, 11) is 0. The first-order valence-electron chi connectivity index (χ1n) is 6.58. The lowest BCUT2D eigenvalue weighted by Crippen LogP contribution is -2.51. The molecule has 1 aliphatic heterocycles. The van der Waals surface area contributed by atoms with Crippen LogP contribution in [-0.2, 0) is 0 Å². The minimum atomic E-state index is 0.152. The van der Waals surface area contributed by atoms with Crippen molar-refractivity contribution < 1.29 is 4.79 Å². The molecule has 0 atom stereocenters. The zero-order valence-corrected chi connectivity index (χ0v) is 10.2. The minimum Gasteiger partial charge on any atom is -0.335 e. The lowest BCUT2D eigenvalue weighted by Gasteiger charge is -2.35. The van der Waals surface area contributed by atoms with E-state index < -0.39 is 0 Å². The van der Waals surface area contributed by atoms with E-state index >= 15 is 0 Å². The van der Waals surface area contributed by atoms with Crippen molar-refractivity contribution in [3.05, 3.63) is 0 Å². The Morgan fingerprint density at radius 2 is 1.88 bits per heavy atom. The fraction of sp³-hybridized carbons (Fsp3) is 0.917. The van der Waals surface area contributed by atoms with Crippen LogP contribution in [0.25, 0.3) is 0 Å². The van der Waals surface area contributed by atoms with Crippen molar-refractivity contribution in [1.29, 1.82) is 0 Å². The Kier molecular flexibility index (Phi) is 4.04. The molecule has 2 aliphatic rings. The van der Waals surface area contributed by atoms with Gasteiger partial charge in [0.25, 0.3) is 0 Å². The standard InChI is InChI=1S/C12H23N3O/c1-2-13-10-6-8-15(9-7-10)12(16)14-11-4-3-5-11/h10-11,13H,2-9H2,1H3,(H,14,16). The van der Waals surface area contributed by atoms with Gasteiger partial charge >= 0.3 is 6.03 Å². The molecule has 16 heavy (non-hydrogen) atoms. The first-order valence-corrected chi connectivity index (χ1v) is 6.58. The zero-order chi connectivity index (χ0) is 11.4. The van der Waals surface area contributed by atoms with Crippen LogP contribution in [0.3, 0.4) is 0 Å². The van der Waals surface area contributed by atoms with Crippen molar-refractivity contribution in [2.75, 3.05) is 19.6 Å². The number of likely N-dealkylation sites (tertiary alicyclic amines) is 1. The summed E-state index contributed by atoms with van der Waals surface area (Å²) in [5, 5.41) is 6.55. The zero-order valence-electron chi connectivity index (χ0n) is 10.2. The van der Waals surface area contributed by atoms with Crippen molar-refractivity contribution in [3.63, 3.8) is 0 Å². The fourth-order valence-electron chi connectivity index (χ4n) is 2.39. The van der Waals surface area contributed by atoms with Crippen LogP contribution >= 0.6 is 0 Å². The summed E-state index contributed by atoms with van der Waals surface area (Å²) in [6.45, 7) is 4.96. The van der Waals surface area contributed by atoms with Crippen LogP contribution in [0.2, 0.25) is 0 Å². The lowest BCUT2D eigenvalue weighted by molar-refractivity contribution is 0.167. The van der Waals surface area contributed by atoms with E-state index in [9.17, 15) is 4.79 Å². The maximum absolute atomic E-state index is 11.9. The molecule has 1 saturated carbocycles. The molecule has 0 aromatic rings. The third-order valence-corrected chi connectivity index (χ3v) is 3.71. The normalized spacial score (nSPS) is 22.9. The Hall–Kier alpha value is -0.770. The molecule has 1 aliphatic carbocycles. The molecular formula is C12H23N3O. The molecule has 0 spiro atoms. The van der Waals surface area contributed by atoms with E-state index in [0.717, 1.165) is 32.5 Å². The number of nitrogens with zero attached hydrogens (tertiary/aromatic N) is 1. The SMILES string of the molecule is CCNC1CCN(C(=O)NC2CCC2)CC1. The first kappa shape index (κ1) is 11.7. The van der Waals surface area contributed by atoms with Crippen molar-refractivity contribution in [2.45, 2.75) is 51.1 Å². The van der Waals surface area contributed by atoms with Gasteiger partial charge in [-0.25, -0.2) is 4.79 Å². The Bertz CT molecular complexity index is 232. The first-order chi connectivity index (χ1) is 7.79. The Balaban J connectivity index is 1.68. The van der Waals surface area contributed by atoms with E-state index in [2.05, 4.69) is 17.6 Å². The maximum Gasteiger partial charge on any atom is 0.317 e. The van der Waals surface area contributed by atoms with E-state index in [0.29, 0.717) is 12.1 Å². The van der Waals surface area contributed by atoms with Crippen LogP contribution in [-0.4, -0.2) is 42.6 Å². The van der Waals surface area contributed by atoms with Gasteiger partial charge in [0, 0.05) is 25.2 Å². The van der Waals surface area contributed by atoms with Crippen molar-refractivity contribution in [3.8, 4) is 0 Å². The Labute approximate surface area is 97.8 Å². The van der Waals surface area contributed by atoms with Gasteiger partial charge in [-0.2, -0.15) is 0 Å². The quantitative estimate of drug-likeness (QED) is 0.761.